The molecule has 0 saturated heterocycles. The molecule has 2 aliphatic heterocycles. The lowest BCUT2D eigenvalue weighted by Crippen LogP contribution is -2.28. The molecule has 230 valence electrons. The SMILES string of the molecule is CN(C)CCCC1(c2ccc(F)cc2)OCc2cc(-c3ccc4c(c3)COC4(CCCN(C)C)c3ccc(F)cc3)ccc21. The molecule has 6 heteroatoms. The highest BCUT2D eigenvalue weighted by molar-refractivity contribution is 5.68. The van der Waals surface area contributed by atoms with E-state index in [1.807, 2.05) is 24.3 Å². The molecule has 4 aromatic rings. The van der Waals surface area contributed by atoms with Gasteiger partial charge in [0.15, 0.2) is 0 Å². The van der Waals surface area contributed by atoms with Crippen LogP contribution < -0.4 is 0 Å². The zero-order valence-electron chi connectivity index (χ0n) is 26.2. The van der Waals surface area contributed by atoms with Gasteiger partial charge >= 0.3 is 0 Å². The van der Waals surface area contributed by atoms with E-state index in [9.17, 15) is 8.78 Å². The summed E-state index contributed by atoms with van der Waals surface area (Å²) in [5, 5.41) is 0. The van der Waals surface area contributed by atoms with Gasteiger partial charge in [-0.2, -0.15) is 0 Å². The number of halogens is 2. The van der Waals surface area contributed by atoms with Crippen LogP contribution in [0.25, 0.3) is 11.1 Å². The Labute approximate surface area is 260 Å². The minimum absolute atomic E-state index is 0.243. The van der Waals surface area contributed by atoms with Crippen molar-refractivity contribution < 1.29 is 18.3 Å². The number of fused-ring (bicyclic) bond motifs is 2. The van der Waals surface area contributed by atoms with Gasteiger partial charge in [-0.1, -0.05) is 48.5 Å². The first kappa shape index (κ1) is 30.6. The Hall–Kier alpha value is -3.42. The van der Waals surface area contributed by atoms with E-state index in [1.54, 1.807) is 0 Å². The number of ether oxygens (including phenoxy) is 2. The lowest BCUT2D eigenvalue weighted by molar-refractivity contribution is -0.0141. The minimum atomic E-state index is -0.593. The van der Waals surface area contributed by atoms with Crippen LogP contribution in [0.15, 0.2) is 84.9 Å². The molecule has 0 saturated carbocycles. The van der Waals surface area contributed by atoms with Gasteiger partial charge in [0.25, 0.3) is 0 Å². The van der Waals surface area contributed by atoms with Crippen molar-refractivity contribution in [1.29, 1.82) is 0 Å². The Morgan fingerprint density at radius 1 is 0.568 bits per heavy atom. The summed E-state index contributed by atoms with van der Waals surface area (Å²) in [6.45, 7) is 2.92. The van der Waals surface area contributed by atoms with E-state index in [0.717, 1.165) is 83.3 Å². The molecular formula is C38H42F2N2O2. The van der Waals surface area contributed by atoms with Gasteiger partial charge in [-0.25, -0.2) is 8.78 Å². The van der Waals surface area contributed by atoms with E-state index >= 15 is 0 Å². The number of hydrogen-bond acceptors (Lipinski definition) is 4. The molecule has 4 aromatic carbocycles. The summed E-state index contributed by atoms with van der Waals surface area (Å²) in [5.74, 6) is -0.486. The molecule has 2 aliphatic rings. The lowest BCUT2D eigenvalue weighted by Gasteiger charge is -2.31. The van der Waals surface area contributed by atoms with Crippen LogP contribution in [-0.2, 0) is 33.9 Å². The molecule has 4 nitrogen and oxygen atoms in total. The van der Waals surface area contributed by atoms with Crippen molar-refractivity contribution in [2.24, 2.45) is 0 Å². The first-order valence-corrected chi connectivity index (χ1v) is 15.6. The second-order valence-corrected chi connectivity index (χ2v) is 12.8. The van der Waals surface area contributed by atoms with E-state index in [-0.39, 0.29) is 11.6 Å². The summed E-state index contributed by atoms with van der Waals surface area (Å²) in [6, 6.07) is 26.8. The van der Waals surface area contributed by atoms with Gasteiger partial charge < -0.3 is 19.3 Å². The summed E-state index contributed by atoms with van der Waals surface area (Å²) in [4.78, 5) is 4.36. The highest BCUT2D eigenvalue weighted by atomic mass is 19.1. The topological polar surface area (TPSA) is 24.9 Å². The van der Waals surface area contributed by atoms with Crippen LogP contribution in [0.3, 0.4) is 0 Å². The predicted molar refractivity (Wildman–Crippen MR) is 171 cm³/mol. The molecular weight excluding hydrogens is 554 g/mol. The Bertz CT molecular complexity index is 1480. The summed E-state index contributed by atoms with van der Waals surface area (Å²) in [6.07, 6.45) is 3.55. The molecule has 0 fully saturated rings. The first-order valence-electron chi connectivity index (χ1n) is 15.6. The lowest BCUT2D eigenvalue weighted by atomic mass is 9.80. The molecule has 0 bridgehead atoms. The Morgan fingerprint density at radius 3 is 1.32 bits per heavy atom. The molecule has 6 rings (SSSR count). The number of nitrogens with zero attached hydrogens (tertiary/aromatic N) is 2. The van der Waals surface area contributed by atoms with Gasteiger partial charge in [0.2, 0.25) is 0 Å². The monoisotopic (exact) mass is 596 g/mol. The van der Waals surface area contributed by atoms with Crippen LogP contribution in [0.4, 0.5) is 8.78 Å². The molecule has 2 heterocycles. The fourth-order valence-corrected chi connectivity index (χ4v) is 7.04. The molecule has 44 heavy (non-hydrogen) atoms. The van der Waals surface area contributed by atoms with Gasteiger partial charge in [0, 0.05) is 0 Å². The average molecular weight is 597 g/mol. The van der Waals surface area contributed by atoms with Crippen molar-refractivity contribution >= 4 is 0 Å². The molecule has 0 amide bonds. The smallest absolute Gasteiger partial charge is 0.123 e. The highest BCUT2D eigenvalue weighted by Gasteiger charge is 2.43. The van der Waals surface area contributed by atoms with Gasteiger partial charge in [0.1, 0.15) is 22.8 Å². The summed E-state index contributed by atoms with van der Waals surface area (Å²) in [7, 11) is 8.32. The molecule has 0 aliphatic carbocycles. The number of benzene rings is 4. The van der Waals surface area contributed by atoms with Gasteiger partial charge in [-0.05, 0) is 148 Å². The summed E-state index contributed by atoms with van der Waals surface area (Å²) < 4.78 is 41.0. The normalized spacial score (nSPS) is 20.8. The van der Waals surface area contributed by atoms with E-state index < -0.39 is 11.2 Å². The number of rotatable bonds is 11. The molecule has 2 atom stereocenters. The maximum absolute atomic E-state index is 13.9. The Morgan fingerprint density at radius 2 is 0.955 bits per heavy atom. The van der Waals surface area contributed by atoms with Crippen LogP contribution in [0.1, 0.15) is 59.1 Å². The van der Waals surface area contributed by atoms with Crippen LogP contribution in [-0.4, -0.2) is 51.1 Å². The molecule has 0 radical (unpaired) electrons. The third-order valence-corrected chi connectivity index (χ3v) is 9.25. The van der Waals surface area contributed by atoms with Gasteiger partial charge in [-0.15, -0.1) is 0 Å². The van der Waals surface area contributed by atoms with E-state index in [2.05, 4.69) is 74.4 Å². The van der Waals surface area contributed by atoms with E-state index in [4.69, 9.17) is 9.47 Å². The van der Waals surface area contributed by atoms with E-state index in [0.29, 0.717) is 13.2 Å². The van der Waals surface area contributed by atoms with Gasteiger partial charge in [0.05, 0.1) is 13.2 Å². The second-order valence-electron chi connectivity index (χ2n) is 12.8. The van der Waals surface area contributed by atoms with Crippen molar-refractivity contribution in [2.75, 3.05) is 41.3 Å². The average Bonchev–Trinajstić information content (AvgIpc) is 3.56. The standard InChI is InChI=1S/C38H42F2N2O2/c1-41(2)21-5-19-37(31-9-13-33(39)14-10-31)35-17-7-27(23-29(35)25-43-37)28-8-18-36-30(24-28)26-44-38(36,20-6-22-42(3)4)32-11-15-34(40)16-12-32/h7-18,23-24H,5-6,19-22,25-26H2,1-4H3. The third-order valence-electron chi connectivity index (χ3n) is 9.25. The maximum Gasteiger partial charge on any atom is 0.123 e. The highest BCUT2D eigenvalue weighted by Crippen LogP contribution is 2.48. The molecule has 0 spiro atoms. The van der Waals surface area contributed by atoms with Crippen LogP contribution in [0.5, 0.6) is 0 Å². The molecule has 0 aromatic heterocycles. The van der Waals surface area contributed by atoms with Crippen molar-refractivity contribution in [2.45, 2.75) is 50.1 Å². The maximum atomic E-state index is 13.9. The van der Waals surface area contributed by atoms with Crippen LogP contribution in [0.2, 0.25) is 0 Å². The van der Waals surface area contributed by atoms with Crippen LogP contribution >= 0.6 is 0 Å². The Kier molecular flexibility index (Phi) is 8.71. The molecule has 2 unspecified atom stereocenters. The second kappa shape index (κ2) is 12.5. The van der Waals surface area contributed by atoms with Crippen molar-refractivity contribution in [3.63, 3.8) is 0 Å². The minimum Gasteiger partial charge on any atom is -0.361 e. The first-order chi connectivity index (χ1) is 21.2. The van der Waals surface area contributed by atoms with Crippen molar-refractivity contribution in [3.05, 3.63) is 130 Å². The molecule has 0 N–H and O–H groups in total. The number of hydrogen-bond donors (Lipinski definition) is 0. The van der Waals surface area contributed by atoms with E-state index in [1.165, 1.54) is 24.3 Å². The largest absolute Gasteiger partial charge is 0.361 e. The fourth-order valence-electron chi connectivity index (χ4n) is 7.04. The zero-order valence-corrected chi connectivity index (χ0v) is 26.2. The third kappa shape index (κ3) is 5.84. The van der Waals surface area contributed by atoms with Crippen molar-refractivity contribution in [1.82, 2.24) is 9.80 Å². The Balaban J connectivity index is 1.33. The predicted octanol–water partition coefficient (Wildman–Crippen LogP) is 7.86. The fraction of sp³-hybridized carbons (Fsp3) is 0.368. The quantitative estimate of drug-likeness (QED) is 0.176. The van der Waals surface area contributed by atoms with Crippen LogP contribution in [0, 0.1) is 11.6 Å². The zero-order chi connectivity index (χ0) is 30.9. The van der Waals surface area contributed by atoms with Gasteiger partial charge in [-0.3, -0.25) is 0 Å². The van der Waals surface area contributed by atoms with Crippen molar-refractivity contribution in [3.8, 4) is 11.1 Å². The summed E-state index contributed by atoms with van der Waals surface area (Å²) in [5.41, 5.74) is 7.70. The summed E-state index contributed by atoms with van der Waals surface area (Å²) >= 11 is 0.